The Morgan fingerprint density at radius 3 is 1.58 bits per heavy atom. The molecule has 0 spiro atoms. The minimum atomic E-state index is 1.15. The first-order chi connectivity index (χ1) is 18.8. The van der Waals surface area contributed by atoms with Gasteiger partial charge in [0, 0.05) is 96.7 Å². The molecule has 3 aromatic carbocycles. The Balaban J connectivity index is 1.45. The van der Waals surface area contributed by atoms with Gasteiger partial charge in [0.25, 0.3) is 0 Å². The number of aromatic amines is 1. The van der Waals surface area contributed by atoms with Crippen LogP contribution in [0.15, 0.2) is 46.2 Å². The van der Waals surface area contributed by atoms with Crippen molar-refractivity contribution in [3.8, 4) is 0 Å². The van der Waals surface area contributed by atoms with Crippen LogP contribution in [-0.2, 0) is 0 Å². The normalized spacial score (nSPS) is 18.4. The number of thioether (sulfide) groups is 7. The van der Waals surface area contributed by atoms with Crippen molar-refractivity contribution < 1.29 is 0 Å². The van der Waals surface area contributed by atoms with E-state index in [1.165, 1.54) is 107 Å². The van der Waals surface area contributed by atoms with Crippen LogP contribution < -0.4 is 0 Å². The third kappa shape index (κ3) is 7.96. The molecule has 1 aliphatic heterocycles. The zero-order valence-corrected chi connectivity index (χ0v) is 31.1. The largest absolute Gasteiger partial charge is 0.353 e. The molecule has 5 rings (SSSR count). The number of nitrogens with one attached hydrogen (secondary N) is 1. The lowest BCUT2D eigenvalue weighted by Gasteiger charge is -2.11. The zero-order valence-electron chi connectivity index (χ0n) is 21.1. The van der Waals surface area contributed by atoms with E-state index >= 15 is 0 Å². The van der Waals surface area contributed by atoms with Crippen molar-refractivity contribution in [2.24, 2.45) is 0 Å². The number of hydrogen-bond acceptors (Lipinski definition) is 7. The van der Waals surface area contributed by atoms with Crippen molar-refractivity contribution >= 4 is 160 Å². The van der Waals surface area contributed by atoms with Crippen LogP contribution in [0.3, 0.4) is 0 Å². The molecule has 1 nitrogen and oxygen atoms in total. The van der Waals surface area contributed by atoms with Crippen molar-refractivity contribution in [2.75, 3.05) is 69.0 Å². The van der Waals surface area contributed by atoms with Crippen LogP contribution in [0.4, 0.5) is 0 Å². The minimum Gasteiger partial charge on any atom is -0.353 e. The lowest BCUT2D eigenvalue weighted by molar-refractivity contribution is 1.36. The zero-order chi connectivity index (χ0) is 26.2. The Hall–Kier alpha value is 1.63. The summed E-state index contributed by atoms with van der Waals surface area (Å²) in [6.45, 7) is 0. The number of halogens is 2. The van der Waals surface area contributed by atoms with Gasteiger partial charge in [0.05, 0.1) is 11.0 Å². The molecule has 0 fully saturated rings. The van der Waals surface area contributed by atoms with E-state index in [4.69, 9.17) is 0 Å². The topological polar surface area (TPSA) is 15.8 Å². The molecule has 2 heterocycles. The summed E-state index contributed by atoms with van der Waals surface area (Å²) in [6.07, 6.45) is 0. The van der Waals surface area contributed by atoms with Gasteiger partial charge < -0.3 is 4.98 Å². The van der Waals surface area contributed by atoms with Gasteiger partial charge in [-0.25, -0.2) is 0 Å². The molecule has 10 heteroatoms. The summed E-state index contributed by atoms with van der Waals surface area (Å²) in [5, 5.41) is 5.52. The number of hydrogen-bond donors (Lipinski definition) is 1. The van der Waals surface area contributed by atoms with Crippen LogP contribution >= 0.6 is 128 Å². The molecule has 1 aliphatic rings. The highest BCUT2D eigenvalue weighted by Crippen LogP contribution is 2.44. The van der Waals surface area contributed by atoms with E-state index in [1.807, 2.05) is 23.5 Å². The van der Waals surface area contributed by atoms with E-state index in [-0.39, 0.29) is 0 Å². The van der Waals surface area contributed by atoms with E-state index in [2.05, 4.69) is 145 Å². The Kier molecular flexibility index (Phi) is 13.5. The molecule has 204 valence electrons. The van der Waals surface area contributed by atoms with E-state index in [9.17, 15) is 0 Å². The Morgan fingerprint density at radius 1 is 0.500 bits per heavy atom. The molecular formula is C28H31I2NS7. The molecular weight excluding hydrogens is 829 g/mol. The molecule has 0 saturated heterocycles. The number of rotatable bonds is 0. The third-order valence-electron chi connectivity index (χ3n) is 6.17. The maximum absolute atomic E-state index is 3.97. The fraction of sp³-hybridized carbons (Fsp3) is 0.429. The van der Waals surface area contributed by atoms with Crippen LogP contribution in [0.5, 0.6) is 0 Å². The lowest BCUT2D eigenvalue weighted by Crippen LogP contribution is -1.95. The van der Waals surface area contributed by atoms with Crippen molar-refractivity contribution in [3.63, 3.8) is 0 Å². The number of H-pyrrole nitrogens is 1. The minimum absolute atomic E-state index is 1.15. The standard InChI is InChI=1S/C28H31I2NS7/c29-22-6-5-21-23-19-3-1-2-4-20(19)24(30)28-26(23)31-25(21)27(22)37-17-15-35-13-11-33-9-7-32-8-10-34-12-14-36-16-18-38-28/h1-6,31H,7-18H2. The van der Waals surface area contributed by atoms with Gasteiger partial charge in [-0.2, -0.15) is 58.8 Å². The second-order valence-corrected chi connectivity index (χ2v) is 19.2. The smallest absolute Gasteiger partial charge is 0.0620 e. The maximum Gasteiger partial charge on any atom is 0.0620 e. The Bertz CT molecular complexity index is 1360. The fourth-order valence-corrected chi connectivity index (χ4v) is 14.4. The number of aromatic nitrogens is 1. The van der Waals surface area contributed by atoms with Crippen LogP contribution in [-0.4, -0.2) is 74.0 Å². The highest BCUT2D eigenvalue weighted by Gasteiger charge is 2.19. The van der Waals surface area contributed by atoms with E-state index in [0.29, 0.717) is 0 Å². The fourth-order valence-electron chi connectivity index (χ4n) is 4.45. The highest BCUT2D eigenvalue weighted by molar-refractivity contribution is 14.1. The van der Waals surface area contributed by atoms with Crippen molar-refractivity contribution in [2.45, 2.75) is 9.79 Å². The average Bonchev–Trinajstić information content (AvgIpc) is 3.31. The summed E-state index contributed by atoms with van der Waals surface area (Å²) in [7, 11) is 0. The van der Waals surface area contributed by atoms with Crippen molar-refractivity contribution in [1.82, 2.24) is 4.98 Å². The molecule has 0 unspecified atom stereocenters. The quantitative estimate of drug-likeness (QED) is 0.175. The molecule has 0 saturated carbocycles. The first-order valence-corrected chi connectivity index (χ1v) is 22.6. The molecule has 2 bridgehead atoms. The summed E-state index contributed by atoms with van der Waals surface area (Å²) < 4.78 is 2.74. The summed E-state index contributed by atoms with van der Waals surface area (Å²) >= 11 is 19.8. The van der Waals surface area contributed by atoms with Crippen LogP contribution in [0.2, 0.25) is 0 Å². The molecule has 0 amide bonds. The summed E-state index contributed by atoms with van der Waals surface area (Å²) in [5.74, 6) is 15.0. The molecule has 4 aromatic rings. The Morgan fingerprint density at radius 2 is 1.00 bits per heavy atom. The lowest BCUT2D eigenvalue weighted by atomic mass is 10.0. The summed E-state index contributed by atoms with van der Waals surface area (Å²) in [5.41, 5.74) is 2.65. The second-order valence-electron chi connectivity index (χ2n) is 8.62. The first kappa shape index (κ1) is 31.1. The van der Waals surface area contributed by atoms with Gasteiger partial charge in [0.15, 0.2) is 0 Å². The maximum atomic E-state index is 3.97. The molecule has 1 N–H and O–H groups in total. The second kappa shape index (κ2) is 16.5. The summed E-state index contributed by atoms with van der Waals surface area (Å²) in [6, 6.07) is 13.7. The van der Waals surface area contributed by atoms with Crippen LogP contribution in [0, 0.1) is 7.14 Å². The number of benzene rings is 3. The average molecular weight is 860 g/mol. The first-order valence-electron chi connectivity index (χ1n) is 12.7. The third-order valence-corrected chi connectivity index (χ3v) is 17.6. The van der Waals surface area contributed by atoms with Crippen molar-refractivity contribution in [1.29, 1.82) is 0 Å². The van der Waals surface area contributed by atoms with Gasteiger partial charge in [-0.05, 0) is 62.0 Å². The predicted molar refractivity (Wildman–Crippen MR) is 207 cm³/mol. The molecule has 0 atom stereocenters. The van der Waals surface area contributed by atoms with Gasteiger partial charge in [0.2, 0.25) is 0 Å². The summed E-state index contributed by atoms with van der Waals surface area (Å²) in [4.78, 5) is 6.81. The molecule has 1 aromatic heterocycles. The van der Waals surface area contributed by atoms with Crippen molar-refractivity contribution in [3.05, 3.63) is 43.5 Å². The van der Waals surface area contributed by atoms with Crippen LogP contribution in [0.1, 0.15) is 0 Å². The van der Waals surface area contributed by atoms with E-state index in [1.54, 1.807) is 0 Å². The van der Waals surface area contributed by atoms with E-state index in [0.717, 1.165) is 11.5 Å². The molecule has 38 heavy (non-hydrogen) atoms. The molecule has 0 aliphatic carbocycles. The highest BCUT2D eigenvalue weighted by atomic mass is 127. The van der Waals surface area contributed by atoms with Gasteiger partial charge in [-0.3, -0.25) is 0 Å². The van der Waals surface area contributed by atoms with Gasteiger partial charge in [-0.1, -0.05) is 30.3 Å². The van der Waals surface area contributed by atoms with Gasteiger partial charge >= 0.3 is 0 Å². The van der Waals surface area contributed by atoms with Gasteiger partial charge in [0.1, 0.15) is 0 Å². The van der Waals surface area contributed by atoms with Gasteiger partial charge in [-0.15, -0.1) is 23.5 Å². The molecule has 0 radical (unpaired) electrons. The predicted octanol–water partition coefficient (Wildman–Crippen LogP) is 10.5. The Labute approximate surface area is 283 Å². The van der Waals surface area contributed by atoms with E-state index < -0.39 is 0 Å². The SMILES string of the molecule is Ic1ccc2c3[nH]c4c(c(I)c5ccccc5c42)SCCSCCSCCSCCSCCSCCSc13. The number of fused-ring (bicyclic) bond motifs is 3. The monoisotopic (exact) mass is 859 g/mol. The van der Waals surface area contributed by atoms with Crippen LogP contribution in [0.25, 0.3) is 32.6 Å².